The second kappa shape index (κ2) is 8.65. The van der Waals surface area contributed by atoms with Crippen molar-refractivity contribution in [1.29, 1.82) is 0 Å². The van der Waals surface area contributed by atoms with E-state index in [-0.39, 0.29) is 0 Å². The van der Waals surface area contributed by atoms with Gasteiger partial charge in [0.1, 0.15) is 5.82 Å². The maximum absolute atomic E-state index is 4.67. The minimum atomic E-state index is 0.856. The highest BCUT2D eigenvalue weighted by Gasteiger charge is 2.11. The number of halogens is 1. The van der Waals surface area contributed by atoms with E-state index in [0.717, 1.165) is 60.3 Å². The largest absolute Gasteiger partial charge is 0.354 e. The average molecular weight is 506 g/mol. The molecular formula is C28H20BrN5. The Morgan fingerprint density at radius 2 is 1.44 bits per heavy atom. The Kier molecular flexibility index (Phi) is 5.20. The molecule has 0 atom stereocenters. The van der Waals surface area contributed by atoms with E-state index in [0.29, 0.717) is 0 Å². The van der Waals surface area contributed by atoms with Crippen LogP contribution in [-0.2, 0) is 0 Å². The van der Waals surface area contributed by atoms with Gasteiger partial charge in [-0.3, -0.25) is 5.43 Å². The van der Waals surface area contributed by atoms with Crippen molar-refractivity contribution >= 4 is 49.8 Å². The van der Waals surface area contributed by atoms with Gasteiger partial charge in [-0.15, -0.1) is 0 Å². The fourth-order valence-electron chi connectivity index (χ4n) is 4.11. The minimum absolute atomic E-state index is 0.856. The van der Waals surface area contributed by atoms with Crippen LogP contribution in [0.3, 0.4) is 0 Å². The fourth-order valence-corrected chi connectivity index (χ4v) is 4.37. The first-order chi connectivity index (χ1) is 16.7. The van der Waals surface area contributed by atoms with Gasteiger partial charge < -0.3 is 9.97 Å². The van der Waals surface area contributed by atoms with Crippen molar-refractivity contribution in [2.24, 2.45) is 5.10 Å². The van der Waals surface area contributed by atoms with Crippen LogP contribution in [-0.4, -0.2) is 21.2 Å². The maximum Gasteiger partial charge on any atom is 0.138 e. The topological polar surface area (TPSA) is 68.9 Å². The van der Waals surface area contributed by atoms with E-state index in [1.165, 1.54) is 0 Å². The molecule has 4 aromatic carbocycles. The van der Waals surface area contributed by atoms with Crippen LogP contribution in [0.1, 0.15) is 5.56 Å². The molecule has 5 nitrogen and oxygen atoms in total. The molecule has 0 bridgehead atoms. The minimum Gasteiger partial charge on any atom is -0.354 e. The number of aromatic amines is 2. The summed E-state index contributed by atoms with van der Waals surface area (Å²) in [5, 5.41) is 5.68. The number of hydrogen-bond donors (Lipinski definition) is 3. The predicted molar refractivity (Wildman–Crippen MR) is 144 cm³/mol. The number of para-hydroxylation sites is 3. The first-order valence-corrected chi connectivity index (χ1v) is 11.7. The number of hydrazone groups is 1. The number of H-pyrrole nitrogens is 2. The number of imidazole rings is 1. The first-order valence-electron chi connectivity index (χ1n) is 11.0. The van der Waals surface area contributed by atoms with Crippen LogP contribution in [0.15, 0.2) is 107 Å². The van der Waals surface area contributed by atoms with E-state index >= 15 is 0 Å². The van der Waals surface area contributed by atoms with Gasteiger partial charge in [-0.25, -0.2) is 4.98 Å². The maximum atomic E-state index is 4.67. The zero-order valence-corrected chi connectivity index (χ0v) is 19.7. The van der Waals surface area contributed by atoms with E-state index in [1.54, 1.807) is 0 Å². The van der Waals surface area contributed by atoms with Gasteiger partial charge in [-0.1, -0.05) is 58.4 Å². The number of hydrogen-bond acceptors (Lipinski definition) is 3. The highest BCUT2D eigenvalue weighted by molar-refractivity contribution is 9.10. The normalized spacial score (nSPS) is 11.6. The molecule has 6 rings (SSSR count). The Hall–Kier alpha value is -4.16. The summed E-state index contributed by atoms with van der Waals surface area (Å²) in [6.07, 6.45) is 1.88. The number of benzene rings is 4. The number of anilines is 1. The quantitative estimate of drug-likeness (QED) is 0.167. The van der Waals surface area contributed by atoms with Crippen molar-refractivity contribution in [1.82, 2.24) is 15.0 Å². The van der Waals surface area contributed by atoms with Gasteiger partial charge >= 0.3 is 0 Å². The summed E-state index contributed by atoms with van der Waals surface area (Å²) in [6, 6.07) is 32.7. The molecular weight excluding hydrogens is 486 g/mol. The molecule has 3 N–H and O–H groups in total. The summed E-state index contributed by atoms with van der Waals surface area (Å²) in [5.74, 6) is 0.856. The van der Waals surface area contributed by atoms with Gasteiger partial charge in [0.15, 0.2) is 0 Å². The zero-order valence-electron chi connectivity index (χ0n) is 18.1. The van der Waals surface area contributed by atoms with E-state index in [1.807, 2.05) is 79.0 Å². The van der Waals surface area contributed by atoms with Crippen molar-refractivity contribution in [3.05, 3.63) is 107 Å². The Labute approximate surface area is 204 Å². The SMILES string of the molecule is Brc1ccc(-c2[nH]c3ccccc3c2C=NNc2ccc(-c3nc4ccccc4[nH]3)cc2)cc1. The molecule has 2 aromatic heterocycles. The molecule has 0 saturated heterocycles. The van der Waals surface area contributed by atoms with Crippen molar-refractivity contribution in [3.8, 4) is 22.6 Å². The summed E-state index contributed by atoms with van der Waals surface area (Å²) in [6.45, 7) is 0. The van der Waals surface area contributed by atoms with E-state index in [4.69, 9.17) is 0 Å². The van der Waals surface area contributed by atoms with Crippen LogP contribution < -0.4 is 5.43 Å². The lowest BCUT2D eigenvalue weighted by Crippen LogP contribution is -1.92. The molecule has 0 fully saturated rings. The fraction of sp³-hybridized carbons (Fsp3) is 0. The molecule has 0 spiro atoms. The van der Waals surface area contributed by atoms with Crippen molar-refractivity contribution in [3.63, 3.8) is 0 Å². The van der Waals surface area contributed by atoms with E-state index in [2.05, 4.69) is 65.7 Å². The van der Waals surface area contributed by atoms with Crippen LogP contribution >= 0.6 is 15.9 Å². The summed E-state index contributed by atoms with van der Waals surface area (Å²) in [7, 11) is 0. The highest BCUT2D eigenvalue weighted by atomic mass is 79.9. The van der Waals surface area contributed by atoms with E-state index in [9.17, 15) is 0 Å². The van der Waals surface area contributed by atoms with Crippen molar-refractivity contribution in [2.45, 2.75) is 0 Å². The Morgan fingerprint density at radius 1 is 0.735 bits per heavy atom. The van der Waals surface area contributed by atoms with E-state index < -0.39 is 0 Å². The first kappa shape index (κ1) is 20.4. The molecule has 0 aliphatic carbocycles. The number of nitrogens with zero attached hydrogens (tertiary/aromatic N) is 2. The average Bonchev–Trinajstić information content (AvgIpc) is 3.47. The molecule has 164 valence electrons. The van der Waals surface area contributed by atoms with Crippen LogP contribution in [0.25, 0.3) is 44.6 Å². The van der Waals surface area contributed by atoms with Crippen molar-refractivity contribution < 1.29 is 0 Å². The second-order valence-corrected chi connectivity index (χ2v) is 8.93. The summed E-state index contributed by atoms with van der Waals surface area (Å²) >= 11 is 3.52. The lowest BCUT2D eigenvalue weighted by atomic mass is 10.1. The number of aromatic nitrogens is 3. The molecule has 34 heavy (non-hydrogen) atoms. The number of nitrogens with one attached hydrogen (secondary N) is 3. The lowest BCUT2D eigenvalue weighted by molar-refractivity contribution is 1.32. The lowest BCUT2D eigenvalue weighted by Gasteiger charge is -2.03. The smallest absolute Gasteiger partial charge is 0.138 e. The molecule has 0 saturated carbocycles. The zero-order chi connectivity index (χ0) is 22.9. The van der Waals surface area contributed by atoms with Gasteiger partial charge in [0.2, 0.25) is 0 Å². The van der Waals surface area contributed by atoms with Crippen LogP contribution in [0.5, 0.6) is 0 Å². The Balaban J connectivity index is 1.26. The van der Waals surface area contributed by atoms with Crippen LogP contribution in [0, 0.1) is 0 Å². The summed E-state index contributed by atoms with van der Waals surface area (Å²) < 4.78 is 1.05. The van der Waals surface area contributed by atoms with Crippen LogP contribution in [0.2, 0.25) is 0 Å². The van der Waals surface area contributed by atoms with Gasteiger partial charge in [-0.2, -0.15) is 5.10 Å². The molecule has 0 aliphatic rings. The predicted octanol–water partition coefficient (Wildman–Crippen LogP) is 7.59. The third-order valence-electron chi connectivity index (χ3n) is 5.81. The number of fused-ring (bicyclic) bond motifs is 2. The Morgan fingerprint density at radius 3 is 2.24 bits per heavy atom. The summed E-state index contributed by atoms with van der Waals surface area (Å²) in [5.41, 5.74) is 11.4. The van der Waals surface area contributed by atoms with Crippen LogP contribution in [0.4, 0.5) is 5.69 Å². The molecule has 0 unspecified atom stereocenters. The van der Waals surface area contributed by atoms with Gasteiger partial charge in [0, 0.05) is 26.5 Å². The standard InChI is InChI=1S/C28H20BrN5/c29-20-13-9-18(10-14-20)27-23(22-5-1-2-6-24(22)31-27)17-30-34-21-15-11-19(12-16-21)28-32-25-7-3-4-8-26(25)33-28/h1-17,31,34H,(H,32,33). The van der Waals surface area contributed by atoms with Gasteiger partial charge in [0.25, 0.3) is 0 Å². The molecule has 0 amide bonds. The Bertz CT molecular complexity index is 1590. The van der Waals surface area contributed by atoms with Crippen molar-refractivity contribution in [2.75, 3.05) is 5.43 Å². The monoisotopic (exact) mass is 505 g/mol. The summed E-state index contributed by atoms with van der Waals surface area (Å²) in [4.78, 5) is 11.6. The number of rotatable bonds is 5. The third kappa shape index (κ3) is 3.89. The van der Waals surface area contributed by atoms with Gasteiger partial charge in [0.05, 0.1) is 28.6 Å². The second-order valence-electron chi connectivity index (χ2n) is 8.02. The highest BCUT2D eigenvalue weighted by Crippen LogP contribution is 2.30. The molecule has 6 aromatic rings. The molecule has 0 aliphatic heterocycles. The molecule has 6 heteroatoms. The van der Waals surface area contributed by atoms with Gasteiger partial charge in [-0.05, 0) is 60.2 Å². The molecule has 2 heterocycles. The molecule has 0 radical (unpaired) electrons. The third-order valence-corrected chi connectivity index (χ3v) is 6.34.